The zero-order valence-corrected chi connectivity index (χ0v) is 13.4. The zero-order valence-electron chi connectivity index (χ0n) is 10.3. The van der Waals surface area contributed by atoms with Crippen molar-refractivity contribution in [2.24, 2.45) is 5.92 Å². The topological polar surface area (TPSA) is 58.2 Å². The fourth-order valence-electron chi connectivity index (χ4n) is 2.15. The summed E-state index contributed by atoms with van der Waals surface area (Å²) in [4.78, 5) is 0.0749. The third kappa shape index (κ3) is 4.31. The second-order valence-electron chi connectivity index (χ2n) is 4.59. The molecular formula is C11H16Cl2N2O2S2. The summed E-state index contributed by atoms with van der Waals surface area (Å²) in [5.41, 5.74) is 0. The number of hydrogen-bond acceptors (Lipinski definition) is 4. The van der Waals surface area contributed by atoms with E-state index in [-0.39, 0.29) is 9.23 Å². The molecule has 1 aromatic heterocycles. The zero-order chi connectivity index (χ0) is 13.9. The molecule has 0 bridgehead atoms. The first kappa shape index (κ1) is 15.5. The van der Waals surface area contributed by atoms with Gasteiger partial charge in [-0.1, -0.05) is 23.2 Å². The van der Waals surface area contributed by atoms with Crippen LogP contribution in [0.15, 0.2) is 11.0 Å². The first-order valence-electron chi connectivity index (χ1n) is 6.14. The number of thiophene rings is 1. The summed E-state index contributed by atoms with van der Waals surface area (Å²) in [6.45, 7) is 2.45. The maximum Gasteiger partial charge on any atom is 0.242 e. The van der Waals surface area contributed by atoms with Gasteiger partial charge in [0.1, 0.15) is 9.23 Å². The molecule has 4 nitrogen and oxygen atoms in total. The normalized spacial score (nSPS) is 20.6. The van der Waals surface area contributed by atoms with E-state index in [1.165, 1.54) is 6.07 Å². The highest BCUT2D eigenvalue weighted by Gasteiger charge is 2.21. The largest absolute Gasteiger partial charge is 0.316 e. The van der Waals surface area contributed by atoms with Crippen LogP contribution in [0.2, 0.25) is 8.67 Å². The monoisotopic (exact) mass is 342 g/mol. The molecule has 1 saturated heterocycles. The lowest BCUT2D eigenvalue weighted by molar-refractivity contribution is 0.358. The van der Waals surface area contributed by atoms with Gasteiger partial charge in [-0.25, -0.2) is 13.1 Å². The first-order chi connectivity index (χ1) is 8.99. The van der Waals surface area contributed by atoms with Crippen LogP contribution in [0.4, 0.5) is 0 Å². The molecular weight excluding hydrogens is 327 g/mol. The highest BCUT2D eigenvalue weighted by molar-refractivity contribution is 7.89. The van der Waals surface area contributed by atoms with Gasteiger partial charge < -0.3 is 5.32 Å². The van der Waals surface area contributed by atoms with E-state index < -0.39 is 10.0 Å². The number of sulfonamides is 1. The van der Waals surface area contributed by atoms with E-state index in [2.05, 4.69) is 10.0 Å². The Morgan fingerprint density at radius 3 is 2.84 bits per heavy atom. The van der Waals surface area contributed by atoms with Gasteiger partial charge in [0, 0.05) is 6.54 Å². The Labute approximate surface area is 127 Å². The van der Waals surface area contributed by atoms with Crippen LogP contribution in [0.5, 0.6) is 0 Å². The summed E-state index contributed by atoms with van der Waals surface area (Å²) in [5, 5.41) is 3.31. The summed E-state index contributed by atoms with van der Waals surface area (Å²) in [5.74, 6) is 0.540. The minimum absolute atomic E-state index is 0.0749. The fourth-order valence-corrected chi connectivity index (χ4v) is 5.35. The van der Waals surface area contributed by atoms with Crippen molar-refractivity contribution in [3.8, 4) is 0 Å². The number of nitrogens with one attached hydrogen (secondary N) is 2. The minimum Gasteiger partial charge on any atom is -0.316 e. The summed E-state index contributed by atoms with van der Waals surface area (Å²) in [6.07, 6.45) is 3.14. The molecule has 2 rings (SSSR count). The van der Waals surface area contributed by atoms with Gasteiger partial charge in [0.25, 0.3) is 0 Å². The van der Waals surface area contributed by atoms with Crippen LogP contribution in [0.25, 0.3) is 0 Å². The molecule has 1 atom stereocenters. The molecule has 0 spiro atoms. The van der Waals surface area contributed by atoms with E-state index in [9.17, 15) is 8.42 Å². The van der Waals surface area contributed by atoms with Gasteiger partial charge in [-0.2, -0.15) is 0 Å². The standard InChI is InChI=1S/C11H16Cl2N2O2S2/c12-10-6-9(11(13)18-10)19(16,17)15-5-3-8-2-1-4-14-7-8/h6,8,14-15H,1-5,7H2. The molecule has 2 heterocycles. The van der Waals surface area contributed by atoms with E-state index in [1.807, 2.05) is 0 Å². The molecule has 1 aliphatic rings. The maximum absolute atomic E-state index is 12.0. The van der Waals surface area contributed by atoms with Crippen molar-refractivity contribution >= 4 is 44.6 Å². The second-order valence-corrected chi connectivity index (χ2v) is 8.61. The van der Waals surface area contributed by atoms with Crippen molar-refractivity contribution in [2.75, 3.05) is 19.6 Å². The van der Waals surface area contributed by atoms with Crippen LogP contribution in [0.3, 0.4) is 0 Å². The van der Waals surface area contributed by atoms with Crippen molar-refractivity contribution in [1.29, 1.82) is 0 Å². The van der Waals surface area contributed by atoms with Crippen molar-refractivity contribution in [1.82, 2.24) is 10.0 Å². The van der Waals surface area contributed by atoms with E-state index in [4.69, 9.17) is 23.2 Å². The third-order valence-electron chi connectivity index (χ3n) is 3.16. The van der Waals surface area contributed by atoms with Crippen molar-refractivity contribution in [3.63, 3.8) is 0 Å². The van der Waals surface area contributed by atoms with Crippen LogP contribution in [0.1, 0.15) is 19.3 Å². The van der Waals surface area contributed by atoms with Gasteiger partial charge in [-0.3, -0.25) is 0 Å². The third-order valence-corrected chi connectivity index (χ3v) is 6.37. The highest BCUT2D eigenvalue weighted by Crippen LogP contribution is 2.34. The maximum atomic E-state index is 12.0. The molecule has 1 unspecified atom stereocenters. The predicted octanol–water partition coefficient (Wildman–Crippen LogP) is 2.72. The van der Waals surface area contributed by atoms with Crippen molar-refractivity contribution < 1.29 is 8.42 Å². The van der Waals surface area contributed by atoms with E-state index in [0.29, 0.717) is 16.8 Å². The van der Waals surface area contributed by atoms with Gasteiger partial charge in [0.05, 0.1) is 4.34 Å². The first-order valence-corrected chi connectivity index (χ1v) is 9.20. The second kappa shape index (κ2) is 6.74. The smallest absolute Gasteiger partial charge is 0.242 e. The van der Waals surface area contributed by atoms with Gasteiger partial charge in [-0.05, 0) is 44.3 Å². The number of hydrogen-bond donors (Lipinski definition) is 2. The molecule has 19 heavy (non-hydrogen) atoms. The number of halogens is 2. The lowest BCUT2D eigenvalue weighted by atomic mass is 9.96. The molecule has 108 valence electrons. The Bertz CT molecular complexity index is 525. The minimum atomic E-state index is -3.55. The highest BCUT2D eigenvalue weighted by atomic mass is 35.5. The Morgan fingerprint density at radius 2 is 2.26 bits per heavy atom. The lowest BCUT2D eigenvalue weighted by Crippen LogP contribution is -2.33. The Kier molecular flexibility index (Phi) is 5.51. The molecule has 0 radical (unpaired) electrons. The Hall–Kier alpha value is 0.150. The van der Waals surface area contributed by atoms with Crippen LogP contribution >= 0.6 is 34.5 Å². The summed E-state index contributed by atoms with van der Waals surface area (Å²) in [7, 11) is -3.55. The number of piperidine rings is 1. The van der Waals surface area contributed by atoms with Gasteiger partial charge in [0.15, 0.2) is 0 Å². The Balaban J connectivity index is 1.89. The lowest BCUT2D eigenvalue weighted by Gasteiger charge is -2.22. The molecule has 1 fully saturated rings. The van der Waals surface area contributed by atoms with Gasteiger partial charge in [-0.15, -0.1) is 11.3 Å². The van der Waals surface area contributed by atoms with E-state index in [1.54, 1.807) is 0 Å². The van der Waals surface area contributed by atoms with E-state index >= 15 is 0 Å². The number of rotatable bonds is 5. The molecule has 0 aromatic carbocycles. The quantitative estimate of drug-likeness (QED) is 0.864. The van der Waals surface area contributed by atoms with E-state index in [0.717, 1.165) is 43.7 Å². The van der Waals surface area contributed by atoms with Crippen molar-refractivity contribution in [3.05, 3.63) is 14.7 Å². The van der Waals surface area contributed by atoms with Crippen LogP contribution in [-0.4, -0.2) is 28.1 Å². The Morgan fingerprint density at radius 1 is 1.47 bits per heavy atom. The molecule has 0 amide bonds. The van der Waals surface area contributed by atoms with Crippen LogP contribution < -0.4 is 10.0 Å². The predicted molar refractivity (Wildman–Crippen MR) is 79.7 cm³/mol. The molecule has 0 saturated carbocycles. The van der Waals surface area contributed by atoms with Gasteiger partial charge >= 0.3 is 0 Å². The molecule has 8 heteroatoms. The van der Waals surface area contributed by atoms with Crippen molar-refractivity contribution in [2.45, 2.75) is 24.2 Å². The molecule has 1 aliphatic heterocycles. The fraction of sp³-hybridized carbons (Fsp3) is 0.636. The van der Waals surface area contributed by atoms with Gasteiger partial charge in [0.2, 0.25) is 10.0 Å². The molecule has 2 N–H and O–H groups in total. The summed E-state index contributed by atoms with van der Waals surface area (Å²) < 4.78 is 27.3. The summed E-state index contributed by atoms with van der Waals surface area (Å²) in [6, 6.07) is 1.39. The SMILES string of the molecule is O=S(=O)(NCCC1CCCNC1)c1cc(Cl)sc1Cl. The molecule has 0 aliphatic carbocycles. The van der Waals surface area contributed by atoms with Crippen LogP contribution in [-0.2, 0) is 10.0 Å². The average Bonchev–Trinajstić information content (AvgIpc) is 2.70. The summed E-state index contributed by atoms with van der Waals surface area (Å²) >= 11 is 12.7. The molecule has 1 aromatic rings. The van der Waals surface area contributed by atoms with Crippen LogP contribution in [0, 0.1) is 5.92 Å². The average molecular weight is 343 g/mol.